The predicted molar refractivity (Wildman–Crippen MR) is 216 cm³/mol. The van der Waals surface area contributed by atoms with Crippen molar-refractivity contribution in [1.82, 2.24) is 34.8 Å². The lowest BCUT2D eigenvalue weighted by Crippen LogP contribution is -2.43. The minimum atomic E-state index is -3.86. The highest BCUT2D eigenvalue weighted by Gasteiger charge is 2.55. The number of sulfonamides is 1. The quantitative estimate of drug-likeness (QED) is 0.102. The number of anilines is 1. The molecule has 4 heterocycles. The number of nitrogens with zero attached hydrogens (tertiary/aromatic N) is 6. The Labute approximate surface area is 356 Å². The van der Waals surface area contributed by atoms with Gasteiger partial charge in [0, 0.05) is 35.7 Å². The second-order valence-electron chi connectivity index (χ2n) is 15.8. The Balaban J connectivity index is 1.41. The van der Waals surface area contributed by atoms with Gasteiger partial charge in [0.25, 0.3) is 12.3 Å². The van der Waals surface area contributed by atoms with E-state index >= 15 is 8.78 Å². The lowest BCUT2D eigenvalue weighted by Gasteiger charge is -2.27. The number of aryl methyl sites for hydroxylation is 1. The molecular weight excluding hydrogens is 866 g/mol. The zero-order chi connectivity index (χ0) is 45.2. The van der Waals surface area contributed by atoms with Crippen LogP contribution in [0.4, 0.5) is 37.0 Å². The summed E-state index contributed by atoms with van der Waals surface area (Å²) in [5, 5.41) is 11.1. The van der Waals surface area contributed by atoms with Gasteiger partial charge in [0.15, 0.2) is 5.82 Å². The van der Waals surface area contributed by atoms with Crippen LogP contribution < -0.4 is 10.0 Å². The molecule has 62 heavy (non-hydrogen) atoms. The molecule has 2 amide bonds. The summed E-state index contributed by atoms with van der Waals surface area (Å²) in [7, 11) is -2.33. The van der Waals surface area contributed by atoms with E-state index in [9.17, 15) is 35.6 Å². The van der Waals surface area contributed by atoms with Crippen molar-refractivity contribution in [2.45, 2.75) is 70.5 Å². The Morgan fingerprint density at radius 3 is 2.37 bits per heavy atom. The highest BCUT2D eigenvalue weighted by Crippen LogP contribution is 2.54. The molecule has 7 rings (SSSR count). The molecule has 328 valence electrons. The molecule has 2 aromatic carbocycles. The molecule has 3 atom stereocenters. The van der Waals surface area contributed by atoms with E-state index in [0.29, 0.717) is 16.3 Å². The summed E-state index contributed by atoms with van der Waals surface area (Å²) in [6.07, 6.45) is -3.23. The number of nitrogens with one attached hydrogen (secondary N) is 2. The average Bonchev–Trinajstić information content (AvgIpc) is 3.91. The minimum absolute atomic E-state index is 0.0159. The minimum Gasteiger partial charge on any atom is -0.447 e. The number of carbonyl (C=O) groups is 2. The normalized spacial score (nSPS) is 17.8. The second-order valence-corrected chi connectivity index (χ2v) is 17.9. The van der Waals surface area contributed by atoms with Crippen molar-refractivity contribution >= 4 is 50.3 Å². The maximum Gasteiger partial charge on any atom is 0.411 e. The summed E-state index contributed by atoms with van der Waals surface area (Å²) in [6, 6.07) is 7.48. The molecule has 1 saturated heterocycles. The summed E-state index contributed by atoms with van der Waals surface area (Å²) in [4.78, 5) is 32.8. The van der Waals surface area contributed by atoms with Crippen LogP contribution in [0, 0.1) is 29.4 Å². The van der Waals surface area contributed by atoms with Crippen LogP contribution in [0.5, 0.6) is 0 Å². The van der Waals surface area contributed by atoms with Crippen LogP contribution >= 0.6 is 11.6 Å². The molecule has 0 bridgehead atoms. The summed E-state index contributed by atoms with van der Waals surface area (Å²) in [6.45, 7) is 5.45. The molecule has 0 unspecified atom stereocenters. The third-order valence-corrected chi connectivity index (χ3v) is 11.9. The van der Waals surface area contributed by atoms with Gasteiger partial charge < -0.3 is 10.1 Å². The molecule has 2 aliphatic rings. The Bertz CT molecular complexity index is 2800. The maximum absolute atomic E-state index is 15.7. The largest absolute Gasteiger partial charge is 0.447 e. The number of hydrogen-bond donors (Lipinski definition) is 2. The lowest BCUT2D eigenvalue weighted by molar-refractivity contribution is -0.123. The van der Waals surface area contributed by atoms with E-state index in [1.165, 1.54) is 42.6 Å². The van der Waals surface area contributed by atoms with E-state index in [4.69, 9.17) is 21.3 Å². The summed E-state index contributed by atoms with van der Waals surface area (Å²) in [5.74, 6) is -3.04. The van der Waals surface area contributed by atoms with E-state index in [1.807, 2.05) is 0 Å². The number of ether oxygens (including phenoxy) is 1. The number of fused-ring (bicyclic) bond motifs is 2. The monoisotopic (exact) mass is 904 g/mol. The number of pyridine rings is 1. The first kappa shape index (κ1) is 44.3. The second kappa shape index (κ2) is 16.1. The zero-order valence-corrected chi connectivity index (χ0v) is 35.5. The van der Waals surface area contributed by atoms with Gasteiger partial charge in [0.2, 0.25) is 15.9 Å². The van der Waals surface area contributed by atoms with E-state index in [0.717, 1.165) is 18.4 Å². The van der Waals surface area contributed by atoms with Crippen LogP contribution in [0.1, 0.15) is 80.0 Å². The Kier molecular flexibility index (Phi) is 11.5. The van der Waals surface area contributed by atoms with Crippen molar-refractivity contribution < 1.29 is 49.1 Å². The van der Waals surface area contributed by atoms with Crippen molar-refractivity contribution in [3.8, 4) is 23.0 Å². The van der Waals surface area contributed by atoms with E-state index in [-0.39, 0.29) is 69.4 Å². The number of aromatic nitrogens is 5. The molecule has 13 nitrogen and oxygen atoms in total. The molecule has 0 radical (unpaired) electrons. The van der Waals surface area contributed by atoms with Gasteiger partial charge in [0.05, 0.1) is 40.5 Å². The Morgan fingerprint density at radius 1 is 1.06 bits per heavy atom. The van der Waals surface area contributed by atoms with Gasteiger partial charge in [-0.25, -0.2) is 35.8 Å². The summed E-state index contributed by atoms with van der Waals surface area (Å²) >= 11 is 6.63. The number of hydrogen-bond acceptors (Lipinski definition) is 8. The number of cyclic esters (lactones) is 1. The van der Waals surface area contributed by atoms with Crippen molar-refractivity contribution in [3.05, 3.63) is 93.0 Å². The Hall–Kier alpha value is -5.81. The van der Waals surface area contributed by atoms with Crippen LogP contribution in [0.2, 0.25) is 5.02 Å². The third kappa shape index (κ3) is 8.39. The van der Waals surface area contributed by atoms with Gasteiger partial charge in [-0.05, 0) is 68.0 Å². The molecule has 1 fully saturated rings. The standard InChI is InChI=1S/C41H39ClF6N8O5S/c1-20-21(2)41(47,48)36-31(20)34(37(45)46)51-56(36)19-30(57)50-29(17-22-15-23(43)18-24(44)16-22)33-26(8-7-25(49-33)11-12-40(3,4)55-13-14-61-39(55)58)27-9-10-28(42)32-35(27)54(5)52-38(32)53-62(6,59)60/h7-10,15-16,18,20-21,29,37H,13-14,17,19H2,1-6H3,(H,50,57)(H,52,53)/t20-,21+,29-/m0/s1. The number of amides is 2. The van der Waals surface area contributed by atoms with Crippen LogP contribution in [-0.4, -0.2) is 74.8 Å². The Morgan fingerprint density at radius 2 is 1.74 bits per heavy atom. The van der Waals surface area contributed by atoms with Gasteiger partial charge in [-0.3, -0.25) is 23.8 Å². The van der Waals surface area contributed by atoms with Crippen LogP contribution in [0.25, 0.3) is 22.0 Å². The lowest BCUT2D eigenvalue weighted by atomic mass is 9.93. The molecule has 1 aliphatic heterocycles. The van der Waals surface area contributed by atoms with Crippen molar-refractivity contribution in [3.63, 3.8) is 0 Å². The van der Waals surface area contributed by atoms with Gasteiger partial charge in [-0.15, -0.1) is 0 Å². The van der Waals surface area contributed by atoms with E-state index in [1.54, 1.807) is 26.0 Å². The summed E-state index contributed by atoms with van der Waals surface area (Å²) in [5.41, 5.74) is -2.06. The fourth-order valence-corrected chi connectivity index (χ4v) is 8.71. The predicted octanol–water partition coefficient (Wildman–Crippen LogP) is 7.60. The zero-order valence-electron chi connectivity index (χ0n) is 34.0. The van der Waals surface area contributed by atoms with Crippen molar-refractivity contribution in [2.75, 3.05) is 24.1 Å². The van der Waals surface area contributed by atoms with Crippen LogP contribution in [0.3, 0.4) is 0 Å². The number of alkyl halides is 4. The van der Waals surface area contributed by atoms with Gasteiger partial charge in [-0.1, -0.05) is 37.4 Å². The molecule has 1 aliphatic carbocycles. The van der Waals surface area contributed by atoms with E-state index in [2.05, 4.69) is 32.1 Å². The van der Waals surface area contributed by atoms with Crippen molar-refractivity contribution in [1.29, 1.82) is 0 Å². The molecule has 0 spiro atoms. The van der Waals surface area contributed by atoms with Crippen LogP contribution in [-0.2, 0) is 45.5 Å². The number of halogens is 7. The fourth-order valence-electron chi connectivity index (χ4n) is 7.97. The molecule has 2 N–H and O–H groups in total. The molecule has 0 saturated carbocycles. The number of benzene rings is 2. The highest BCUT2D eigenvalue weighted by molar-refractivity contribution is 7.92. The first-order valence-electron chi connectivity index (χ1n) is 19.1. The molecule has 5 aromatic rings. The topological polar surface area (TPSA) is 153 Å². The first-order valence-corrected chi connectivity index (χ1v) is 21.4. The first-order chi connectivity index (χ1) is 29.0. The molecule has 21 heteroatoms. The molecular formula is C41H39ClF6N8O5S. The molecule has 3 aromatic heterocycles. The highest BCUT2D eigenvalue weighted by atomic mass is 35.5. The average molecular weight is 905 g/mol. The fraction of sp³-hybridized carbons (Fsp3) is 0.390. The number of carbonyl (C=O) groups excluding carboxylic acids is 2. The number of rotatable bonds is 11. The maximum atomic E-state index is 15.7. The SMILES string of the molecule is C[C@@H]1c2c(C(F)F)nn(CC(=O)N[C@@H](Cc3cc(F)cc(F)c3)c3nc(C#CC(C)(C)N4CCOC4=O)ccc3-c3ccc(Cl)c4c(NS(C)(=O)=O)nn(C)c34)c2C(F)(F)[C@@H]1C. The van der Waals surface area contributed by atoms with Gasteiger partial charge >= 0.3 is 6.09 Å². The summed E-state index contributed by atoms with van der Waals surface area (Å²) < 4.78 is 123. The van der Waals surface area contributed by atoms with Crippen LogP contribution in [0.15, 0.2) is 42.5 Å². The van der Waals surface area contributed by atoms with Crippen molar-refractivity contribution in [2.24, 2.45) is 13.0 Å². The van der Waals surface area contributed by atoms with Gasteiger partial charge in [0.1, 0.15) is 47.4 Å². The van der Waals surface area contributed by atoms with E-state index < -0.39 is 87.4 Å². The van der Waals surface area contributed by atoms with Gasteiger partial charge in [-0.2, -0.15) is 19.0 Å². The smallest absolute Gasteiger partial charge is 0.411 e. The third-order valence-electron chi connectivity index (χ3n) is 11.0.